The highest BCUT2D eigenvalue weighted by atomic mass is 16.1. The molecule has 0 bridgehead atoms. The number of nitrogens with zero attached hydrogens (tertiary/aromatic N) is 2. The summed E-state index contributed by atoms with van der Waals surface area (Å²) in [5.74, 6) is 0.158. The molecule has 0 radical (unpaired) electrons. The highest BCUT2D eigenvalue weighted by Crippen LogP contribution is 2.36. The molecule has 1 aromatic carbocycles. The Kier molecular flexibility index (Phi) is 4.77. The zero-order valence-corrected chi connectivity index (χ0v) is 15.1. The van der Waals surface area contributed by atoms with Crippen LogP contribution >= 0.6 is 0 Å². The molecule has 5 heteroatoms. The Morgan fingerprint density at radius 1 is 1.24 bits per heavy atom. The number of hydrogen-bond donors (Lipinski definition) is 2. The first-order valence-corrected chi connectivity index (χ1v) is 9.50. The van der Waals surface area contributed by atoms with Crippen LogP contribution in [0.2, 0.25) is 0 Å². The van der Waals surface area contributed by atoms with Crippen LogP contribution in [0.3, 0.4) is 0 Å². The second kappa shape index (κ2) is 7.18. The van der Waals surface area contributed by atoms with Crippen LogP contribution in [0.1, 0.15) is 30.0 Å². The maximum atomic E-state index is 12.8. The molecule has 1 aliphatic carbocycles. The van der Waals surface area contributed by atoms with E-state index in [0.29, 0.717) is 0 Å². The van der Waals surface area contributed by atoms with Gasteiger partial charge in [-0.25, -0.2) is 0 Å². The number of amides is 1. The summed E-state index contributed by atoms with van der Waals surface area (Å²) >= 11 is 0. The van der Waals surface area contributed by atoms with Gasteiger partial charge < -0.3 is 15.2 Å². The maximum Gasteiger partial charge on any atom is 0.229 e. The molecule has 2 aliphatic rings. The topological polar surface area (TPSA) is 51.4 Å². The SMILES string of the molecule is CN1CCN(CCNC(=O)C2CCCc3c2[nH]c2ccccc32)CC1. The van der Waals surface area contributed by atoms with Crippen LogP contribution in [0.25, 0.3) is 10.9 Å². The molecule has 2 heterocycles. The third-order valence-electron chi connectivity index (χ3n) is 5.75. The third-order valence-corrected chi connectivity index (χ3v) is 5.75. The lowest BCUT2D eigenvalue weighted by molar-refractivity contribution is -0.123. The molecular weight excluding hydrogens is 312 g/mol. The lowest BCUT2D eigenvalue weighted by Gasteiger charge is -2.32. The van der Waals surface area contributed by atoms with Crippen LogP contribution < -0.4 is 5.32 Å². The summed E-state index contributed by atoms with van der Waals surface area (Å²) in [5, 5.41) is 4.47. The molecule has 25 heavy (non-hydrogen) atoms. The van der Waals surface area contributed by atoms with Gasteiger partial charge >= 0.3 is 0 Å². The predicted molar refractivity (Wildman–Crippen MR) is 101 cm³/mol. The van der Waals surface area contributed by atoms with Crippen molar-refractivity contribution < 1.29 is 4.79 Å². The molecule has 0 saturated carbocycles. The van der Waals surface area contributed by atoms with E-state index in [1.54, 1.807) is 0 Å². The Hall–Kier alpha value is -1.85. The quantitative estimate of drug-likeness (QED) is 0.894. The minimum absolute atomic E-state index is 0.0244. The number of aryl methyl sites for hydroxylation is 1. The number of H-pyrrole nitrogens is 1. The number of fused-ring (bicyclic) bond motifs is 3. The number of hydrogen-bond acceptors (Lipinski definition) is 3. The molecule has 1 aliphatic heterocycles. The van der Waals surface area contributed by atoms with Crippen molar-refractivity contribution in [2.45, 2.75) is 25.2 Å². The first-order chi connectivity index (χ1) is 12.2. The minimum Gasteiger partial charge on any atom is -0.357 e. The van der Waals surface area contributed by atoms with E-state index in [1.165, 1.54) is 10.9 Å². The van der Waals surface area contributed by atoms with E-state index in [1.807, 2.05) is 0 Å². The van der Waals surface area contributed by atoms with Gasteiger partial charge in [0, 0.05) is 55.9 Å². The number of aromatic amines is 1. The third kappa shape index (κ3) is 3.44. The van der Waals surface area contributed by atoms with E-state index in [-0.39, 0.29) is 11.8 Å². The van der Waals surface area contributed by atoms with Gasteiger partial charge in [0.25, 0.3) is 0 Å². The smallest absolute Gasteiger partial charge is 0.229 e. The number of para-hydroxylation sites is 1. The summed E-state index contributed by atoms with van der Waals surface area (Å²) in [5.41, 5.74) is 3.65. The Balaban J connectivity index is 1.38. The van der Waals surface area contributed by atoms with Crippen LogP contribution in [0.15, 0.2) is 24.3 Å². The normalized spacial score (nSPS) is 22.0. The van der Waals surface area contributed by atoms with E-state index < -0.39 is 0 Å². The zero-order chi connectivity index (χ0) is 17.2. The van der Waals surface area contributed by atoms with Gasteiger partial charge in [-0.1, -0.05) is 18.2 Å². The predicted octanol–water partition coefficient (Wildman–Crippen LogP) is 1.95. The van der Waals surface area contributed by atoms with Gasteiger partial charge in [-0.2, -0.15) is 0 Å². The fourth-order valence-corrected chi connectivity index (χ4v) is 4.21. The van der Waals surface area contributed by atoms with Crippen molar-refractivity contribution in [1.82, 2.24) is 20.1 Å². The zero-order valence-electron chi connectivity index (χ0n) is 15.1. The number of benzene rings is 1. The summed E-state index contributed by atoms with van der Waals surface area (Å²) in [6.07, 6.45) is 3.11. The van der Waals surface area contributed by atoms with Gasteiger partial charge in [-0.15, -0.1) is 0 Å². The van der Waals surface area contributed by atoms with E-state index in [4.69, 9.17) is 0 Å². The monoisotopic (exact) mass is 340 g/mol. The summed E-state index contributed by atoms with van der Waals surface area (Å²) in [6, 6.07) is 8.40. The molecule has 0 spiro atoms. The molecule has 1 amide bonds. The number of carbonyl (C=O) groups excluding carboxylic acids is 1. The Morgan fingerprint density at radius 2 is 2.04 bits per heavy atom. The highest BCUT2D eigenvalue weighted by molar-refractivity contribution is 5.90. The van der Waals surface area contributed by atoms with Crippen molar-refractivity contribution in [2.24, 2.45) is 0 Å². The lowest BCUT2D eigenvalue weighted by Crippen LogP contribution is -2.47. The van der Waals surface area contributed by atoms with E-state index in [0.717, 1.165) is 69.7 Å². The van der Waals surface area contributed by atoms with E-state index in [9.17, 15) is 4.79 Å². The molecule has 1 saturated heterocycles. The van der Waals surface area contributed by atoms with Gasteiger partial charge in [0.1, 0.15) is 0 Å². The fourth-order valence-electron chi connectivity index (χ4n) is 4.21. The van der Waals surface area contributed by atoms with Crippen molar-refractivity contribution in [3.63, 3.8) is 0 Å². The lowest BCUT2D eigenvalue weighted by atomic mass is 9.86. The van der Waals surface area contributed by atoms with Gasteiger partial charge in [0.2, 0.25) is 5.91 Å². The number of rotatable bonds is 4. The molecule has 1 unspecified atom stereocenters. The second-order valence-electron chi connectivity index (χ2n) is 7.44. The summed E-state index contributed by atoms with van der Waals surface area (Å²) in [4.78, 5) is 21.1. The highest BCUT2D eigenvalue weighted by Gasteiger charge is 2.29. The molecule has 1 aromatic heterocycles. The minimum atomic E-state index is -0.0244. The molecule has 5 nitrogen and oxygen atoms in total. The Morgan fingerprint density at radius 3 is 2.88 bits per heavy atom. The maximum absolute atomic E-state index is 12.8. The molecule has 4 rings (SSSR count). The van der Waals surface area contributed by atoms with Crippen LogP contribution in [0.5, 0.6) is 0 Å². The fraction of sp³-hybridized carbons (Fsp3) is 0.550. The number of nitrogens with one attached hydrogen (secondary N) is 2. The van der Waals surface area contributed by atoms with Crippen molar-refractivity contribution >= 4 is 16.8 Å². The number of piperazine rings is 1. The van der Waals surface area contributed by atoms with Crippen LogP contribution in [-0.4, -0.2) is 67.0 Å². The van der Waals surface area contributed by atoms with Gasteiger partial charge in [-0.05, 0) is 37.9 Å². The number of likely N-dealkylation sites (N-methyl/N-ethyl adjacent to an activating group) is 1. The Bertz CT molecular complexity index is 745. The Labute approximate surface area is 149 Å². The standard InChI is InChI=1S/C20H28N4O/c1-23-11-13-24(14-12-23)10-9-21-20(25)17-7-4-6-16-15-5-2-3-8-18(15)22-19(16)17/h2-3,5,8,17,22H,4,6-7,9-14H2,1H3,(H,21,25). The van der Waals surface area contributed by atoms with E-state index in [2.05, 4.69) is 51.4 Å². The molecule has 2 N–H and O–H groups in total. The molecule has 1 fully saturated rings. The van der Waals surface area contributed by atoms with Crippen LogP contribution in [0, 0.1) is 0 Å². The first-order valence-electron chi connectivity index (χ1n) is 9.50. The summed E-state index contributed by atoms with van der Waals surface area (Å²) in [7, 11) is 2.17. The van der Waals surface area contributed by atoms with Gasteiger partial charge in [0.15, 0.2) is 0 Å². The van der Waals surface area contributed by atoms with Crippen molar-refractivity contribution in [3.8, 4) is 0 Å². The summed E-state index contributed by atoms with van der Waals surface area (Å²) < 4.78 is 0. The average molecular weight is 340 g/mol. The molecule has 2 aromatic rings. The first kappa shape index (κ1) is 16.6. The van der Waals surface area contributed by atoms with Crippen LogP contribution in [0.4, 0.5) is 0 Å². The van der Waals surface area contributed by atoms with Crippen molar-refractivity contribution in [2.75, 3.05) is 46.3 Å². The average Bonchev–Trinajstić information content (AvgIpc) is 3.02. The van der Waals surface area contributed by atoms with Crippen LogP contribution in [-0.2, 0) is 11.2 Å². The summed E-state index contributed by atoms with van der Waals surface area (Å²) in [6.45, 7) is 6.13. The van der Waals surface area contributed by atoms with Gasteiger partial charge in [0.05, 0.1) is 5.92 Å². The van der Waals surface area contributed by atoms with E-state index >= 15 is 0 Å². The molecule has 134 valence electrons. The molecular formula is C20H28N4O. The van der Waals surface area contributed by atoms with Crippen molar-refractivity contribution in [1.29, 1.82) is 0 Å². The van der Waals surface area contributed by atoms with Crippen molar-refractivity contribution in [3.05, 3.63) is 35.5 Å². The number of aromatic nitrogens is 1. The number of carbonyl (C=O) groups is 1. The van der Waals surface area contributed by atoms with Gasteiger partial charge in [-0.3, -0.25) is 9.69 Å². The molecule has 1 atom stereocenters. The second-order valence-corrected chi connectivity index (χ2v) is 7.44. The largest absolute Gasteiger partial charge is 0.357 e.